The van der Waals surface area contributed by atoms with E-state index in [4.69, 9.17) is 16.3 Å². The van der Waals surface area contributed by atoms with E-state index in [-0.39, 0.29) is 18.2 Å². The third kappa shape index (κ3) is 4.92. The summed E-state index contributed by atoms with van der Waals surface area (Å²) in [5, 5.41) is 3.48. The van der Waals surface area contributed by atoms with Crippen LogP contribution in [0.4, 0.5) is 5.69 Å². The van der Waals surface area contributed by atoms with Crippen LogP contribution in [0.1, 0.15) is 32.0 Å². The Balaban J connectivity index is 1.58. The number of carbonyl (C=O) groups is 2. The summed E-state index contributed by atoms with van der Waals surface area (Å²) in [6, 6.07) is 17.2. The number of aryl methyl sites for hydroxylation is 1. The molecule has 0 bridgehead atoms. The van der Waals surface area contributed by atoms with Gasteiger partial charge in [-0.25, -0.2) is 9.78 Å². The molecular weight excluding hydrogens is 364 g/mol. The number of nitrogens with zero attached hydrogens (tertiary/aromatic N) is 1. The van der Waals surface area contributed by atoms with Gasteiger partial charge < -0.3 is 10.1 Å². The second-order valence-electron chi connectivity index (χ2n) is 5.91. The minimum atomic E-state index is -0.490. The molecule has 1 N–H and O–H groups in total. The number of pyridine rings is 1. The molecular formula is C21H17ClN2O3. The van der Waals surface area contributed by atoms with Gasteiger partial charge in [0.1, 0.15) is 12.3 Å². The van der Waals surface area contributed by atoms with Gasteiger partial charge in [0.2, 0.25) is 0 Å². The lowest BCUT2D eigenvalue weighted by molar-refractivity contribution is 0.0465. The fourth-order valence-electron chi connectivity index (χ4n) is 2.38. The zero-order valence-corrected chi connectivity index (χ0v) is 15.4. The van der Waals surface area contributed by atoms with Crippen molar-refractivity contribution in [2.45, 2.75) is 13.5 Å². The van der Waals surface area contributed by atoms with Gasteiger partial charge in [0.05, 0.1) is 0 Å². The highest BCUT2D eigenvalue weighted by molar-refractivity contribution is 6.31. The van der Waals surface area contributed by atoms with Gasteiger partial charge in [0.25, 0.3) is 5.91 Å². The van der Waals surface area contributed by atoms with Crippen molar-refractivity contribution >= 4 is 29.2 Å². The van der Waals surface area contributed by atoms with Crippen molar-refractivity contribution in [1.82, 2.24) is 4.98 Å². The van der Waals surface area contributed by atoms with Gasteiger partial charge in [-0.3, -0.25) is 4.79 Å². The number of ether oxygens (including phenoxy) is 1. The van der Waals surface area contributed by atoms with Crippen LogP contribution in [-0.4, -0.2) is 16.9 Å². The van der Waals surface area contributed by atoms with Gasteiger partial charge in [-0.15, -0.1) is 0 Å². The Morgan fingerprint density at radius 3 is 2.52 bits per heavy atom. The molecule has 27 heavy (non-hydrogen) atoms. The second-order valence-corrected chi connectivity index (χ2v) is 6.31. The predicted molar refractivity (Wildman–Crippen MR) is 104 cm³/mol. The van der Waals surface area contributed by atoms with Gasteiger partial charge >= 0.3 is 5.97 Å². The Kier molecular flexibility index (Phi) is 5.84. The molecule has 0 aliphatic rings. The van der Waals surface area contributed by atoms with E-state index in [0.717, 1.165) is 11.1 Å². The zero-order chi connectivity index (χ0) is 19.2. The Morgan fingerprint density at radius 2 is 1.85 bits per heavy atom. The summed E-state index contributed by atoms with van der Waals surface area (Å²) < 4.78 is 5.22. The number of hydrogen-bond acceptors (Lipinski definition) is 4. The van der Waals surface area contributed by atoms with E-state index in [1.807, 2.05) is 13.0 Å². The van der Waals surface area contributed by atoms with Gasteiger partial charge in [-0.1, -0.05) is 29.8 Å². The Morgan fingerprint density at radius 1 is 1.07 bits per heavy atom. The summed E-state index contributed by atoms with van der Waals surface area (Å²) in [5.41, 5.74) is 3.10. The summed E-state index contributed by atoms with van der Waals surface area (Å²) >= 11 is 5.99. The number of aromatic nitrogens is 1. The predicted octanol–water partition coefficient (Wildman–Crippen LogP) is 4.65. The average Bonchev–Trinajstić information content (AvgIpc) is 2.70. The van der Waals surface area contributed by atoms with Crippen LogP contribution in [0.25, 0.3) is 0 Å². The molecule has 0 saturated carbocycles. The van der Waals surface area contributed by atoms with Crippen LogP contribution in [0.2, 0.25) is 5.02 Å². The fourth-order valence-corrected chi connectivity index (χ4v) is 2.50. The quantitative estimate of drug-likeness (QED) is 0.654. The third-order valence-electron chi connectivity index (χ3n) is 3.88. The molecule has 3 aromatic rings. The van der Waals surface area contributed by atoms with E-state index >= 15 is 0 Å². The highest BCUT2D eigenvalue weighted by Gasteiger charge is 2.10. The Labute approximate surface area is 162 Å². The lowest BCUT2D eigenvalue weighted by atomic mass is 10.1. The maximum atomic E-state index is 12.3. The average molecular weight is 381 g/mol. The van der Waals surface area contributed by atoms with E-state index in [1.54, 1.807) is 54.6 Å². The number of nitrogens with one attached hydrogen (secondary N) is 1. The maximum Gasteiger partial charge on any atom is 0.357 e. The van der Waals surface area contributed by atoms with Crippen LogP contribution in [0.5, 0.6) is 0 Å². The van der Waals surface area contributed by atoms with Crippen LogP contribution in [0.3, 0.4) is 0 Å². The topological polar surface area (TPSA) is 68.3 Å². The molecule has 2 aromatic carbocycles. The summed E-state index contributed by atoms with van der Waals surface area (Å²) in [7, 11) is 0. The van der Waals surface area contributed by atoms with Crippen LogP contribution < -0.4 is 5.32 Å². The lowest BCUT2D eigenvalue weighted by Gasteiger charge is -2.08. The molecule has 0 spiro atoms. The first-order valence-electron chi connectivity index (χ1n) is 8.27. The van der Waals surface area contributed by atoms with E-state index in [0.29, 0.717) is 16.3 Å². The number of carbonyl (C=O) groups excluding carboxylic acids is 2. The molecule has 1 amide bonds. The molecule has 0 unspecified atom stereocenters. The minimum absolute atomic E-state index is 0.105. The van der Waals surface area contributed by atoms with Crippen molar-refractivity contribution in [2.75, 3.05) is 5.32 Å². The summed E-state index contributed by atoms with van der Waals surface area (Å²) in [5.74, 6) is -0.718. The Bertz CT molecular complexity index is 957. The monoisotopic (exact) mass is 380 g/mol. The van der Waals surface area contributed by atoms with Crippen LogP contribution in [-0.2, 0) is 11.3 Å². The van der Waals surface area contributed by atoms with Crippen molar-refractivity contribution in [1.29, 1.82) is 0 Å². The van der Waals surface area contributed by atoms with Gasteiger partial charge in [0, 0.05) is 22.5 Å². The van der Waals surface area contributed by atoms with Crippen molar-refractivity contribution in [3.05, 3.63) is 94.3 Å². The summed E-state index contributed by atoms with van der Waals surface area (Å²) in [4.78, 5) is 28.2. The van der Waals surface area contributed by atoms with E-state index in [1.165, 1.54) is 6.20 Å². The van der Waals surface area contributed by atoms with Crippen molar-refractivity contribution in [2.24, 2.45) is 0 Å². The molecule has 3 rings (SSSR count). The van der Waals surface area contributed by atoms with E-state index in [9.17, 15) is 9.59 Å². The number of anilines is 1. The summed E-state index contributed by atoms with van der Waals surface area (Å²) in [6.07, 6.45) is 1.53. The normalized spacial score (nSPS) is 10.3. The van der Waals surface area contributed by atoms with E-state index in [2.05, 4.69) is 10.3 Å². The molecule has 0 aliphatic heterocycles. The second kappa shape index (κ2) is 8.47. The smallest absolute Gasteiger partial charge is 0.357 e. The minimum Gasteiger partial charge on any atom is -0.456 e. The first-order chi connectivity index (χ1) is 13.0. The van der Waals surface area contributed by atoms with Gasteiger partial charge in [0.15, 0.2) is 0 Å². The Hall–Kier alpha value is -3.18. The highest BCUT2D eigenvalue weighted by Crippen LogP contribution is 2.20. The number of rotatable bonds is 5. The summed E-state index contributed by atoms with van der Waals surface area (Å²) in [6.45, 7) is 1.98. The van der Waals surface area contributed by atoms with Crippen molar-refractivity contribution in [3.63, 3.8) is 0 Å². The molecule has 0 radical (unpaired) electrons. The molecule has 5 nitrogen and oxygen atoms in total. The third-order valence-corrected chi connectivity index (χ3v) is 4.30. The van der Waals surface area contributed by atoms with Crippen molar-refractivity contribution < 1.29 is 14.3 Å². The fraction of sp³-hybridized carbons (Fsp3) is 0.0952. The zero-order valence-electron chi connectivity index (χ0n) is 14.6. The van der Waals surface area contributed by atoms with Crippen LogP contribution >= 0.6 is 11.6 Å². The van der Waals surface area contributed by atoms with Crippen molar-refractivity contribution in [3.8, 4) is 0 Å². The molecule has 6 heteroatoms. The molecule has 0 aliphatic carbocycles. The van der Waals surface area contributed by atoms with Gasteiger partial charge in [-0.05, 0) is 60.5 Å². The first-order valence-corrected chi connectivity index (χ1v) is 8.65. The number of halogens is 1. The number of esters is 1. The number of hydrogen-bond donors (Lipinski definition) is 1. The lowest BCUT2D eigenvalue weighted by Crippen LogP contribution is -2.12. The standard InChI is InChI=1S/C21H17ClN2O3/c1-14-12-17(9-10-18(14)22)24-20(25)16-7-5-15(6-8-16)13-27-21(26)19-4-2-3-11-23-19/h2-12H,13H2,1H3,(H,24,25). The molecule has 136 valence electrons. The molecule has 1 heterocycles. The van der Waals surface area contributed by atoms with Gasteiger partial charge in [-0.2, -0.15) is 0 Å². The largest absolute Gasteiger partial charge is 0.456 e. The first kappa shape index (κ1) is 18.6. The maximum absolute atomic E-state index is 12.3. The molecule has 1 aromatic heterocycles. The number of benzene rings is 2. The SMILES string of the molecule is Cc1cc(NC(=O)c2ccc(COC(=O)c3ccccn3)cc2)ccc1Cl. The van der Waals surface area contributed by atoms with E-state index < -0.39 is 5.97 Å². The molecule has 0 saturated heterocycles. The molecule has 0 atom stereocenters. The molecule has 0 fully saturated rings. The highest BCUT2D eigenvalue weighted by atomic mass is 35.5. The number of amides is 1. The van der Waals surface area contributed by atoms with Crippen LogP contribution in [0.15, 0.2) is 66.9 Å². The van der Waals surface area contributed by atoms with Crippen LogP contribution in [0, 0.1) is 6.92 Å².